The number of carbonyl (C=O) groups is 2. The second-order valence-electron chi connectivity index (χ2n) is 12.0. The molecule has 0 aromatic heterocycles. The van der Waals surface area contributed by atoms with Crippen LogP contribution in [0.5, 0.6) is 0 Å². The van der Waals surface area contributed by atoms with Crippen molar-refractivity contribution < 1.29 is 28.9 Å². The first-order valence-corrected chi connectivity index (χ1v) is 13.1. The van der Waals surface area contributed by atoms with Crippen molar-refractivity contribution in [1.29, 1.82) is 5.26 Å². The van der Waals surface area contributed by atoms with E-state index < -0.39 is 23.3 Å². The molecule has 196 valence electrons. The van der Waals surface area contributed by atoms with E-state index in [0.717, 1.165) is 38.5 Å². The molecule has 9 nitrogen and oxygen atoms in total. The number of aliphatic hydroxyl groups excluding tert-OH is 1. The Labute approximate surface area is 208 Å². The number of nitrogens with zero attached hydrogens (tertiary/aromatic N) is 3. The Kier molecular flexibility index (Phi) is 7.65. The predicted octanol–water partition coefficient (Wildman–Crippen LogP) is 2.85. The third-order valence-corrected chi connectivity index (χ3v) is 8.05. The van der Waals surface area contributed by atoms with Crippen LogP contribution < -0.4 is 0 Å². The second kappa shape index (κ2) is 10.2. The van der Waals surface area contributed by atoms with Crippen molar-refractivity contribution in [1.82, 2.24) is 9.80 Å². The van der Waals surface area contributed by atoms with Gasteiger partial charge in [0.25, 0.3) is 0 Å². The molecule has 0 aromatic rings. The molecule has 2 amide bonds. The Morgan fingerprint density at radius 1 is 1.14 bits per heavy atom. The van der Waals surface area contributed by atoms with Gasteiger partial charge in [0, 0.05) is 6.54 Å². The highest BCUT2D eigenvalue weighted by Crippen LogP contribution is 2.61. The Morgan fingerprint density at radius 2 is 1.86 bits per heavy atom. The van der Waals surface area contributed by atoms with Crippen molar-refractivity contribution in [2.24, 2.45) is 11.8 Å². The molecular weight excluding hydrogens is 450 g/mol. The van der Waals surface area contributed by atoms with Crippen LogP contribution in [-0.2, 0) is 19.0 Å². The molecule has 2 unspecified atom stereocenters. The van der Waals surface area contributed by atoms with Crippen LogP contribution in [-0.4, -0.2) is 89.2 Å². The topological polar surface area (TPSA) is 112 Å². The number of ether oxygens (including phenoxy) is 3. The highest BCUT2D eigenvalue weighted by atomic mass is 16.6. The molecule has 5 aliphatic rings. The van der Waals surface area contributed by atoms with Crippen molar-refractivity contribution in [3.8, 4) is 6.07 Å². The molecule has 0 aromatic carbocycles. The van der Waals surface area contributed by atoms with E-state index in [4.69, 9.17) is 19.3 Å². The van der Waals surface area contributed by atoms with Crippen LogP contribution in [0.2, 0.25) is 0 Å². The van der Waals surface area contributed by atoms with Crippen molar-refractivity contribution in [2.75, 3.05) is 39.5 Å². The zero-order valence-corrected chi connectivity index (χ0v) is 21.5. The third kappa shape index (κ3) is 5.76. The molecule has 0 spiro atoms. The molecule has 9 heteroatoms. The van der Waals surface area contributed by atoms with Crippen LogP contribution in [0.25, 0.3) is 0 Å². The van der Waals surface area contributed by atoms with Gasteiger partial charge in [-0.15, -0.1) is 0 Å². The van der Waals surface area contributed by atoms with Gasteiger partial charge in [-0.3, -0.25) is 9.69 Å². The summed E-state index contributed by atoms with van der Waals surface area (Å²) in [4.78, 5) is 30.3. The van der Waals surface area contributed by atoms with Crippen molar-refractivity contribution in [3.05, 3.63) is 0 Å². The van der Waals surface area contributed by atoms with Gasteiger partial charge in [-0.2, -0.15) is 5.26 Å². The Bertz CT molecular complexity index is 820. The summed E-state index contributed by atoms with van der Waals surface area (Å²) in [7, 11) is 0. The average molecular weight is 492 g/mol. The standard InChI is InChI=1S/C26H41N3O6/c1-24(2,3)35-23(32)29(17-22(31)28-6-4-5-21(28)16-27)25-12-19-11-20(13-25)15-26(14-19,18-25)34-10-9-33-8-7-30/h19-21,30H,4-15,17-18H2,1-3H3/t19?,20?,21-,25?,26?/m0/s1. The van der Waals surface area contributed by atoms with E-state index in [1.165, 1.54) is 0 Å². The zero-order valence-electron chi connectivity index (χ0n) is 21.5. The summed E-state index contributed by atoms with van der Waals surface area (Å²) in [5.74, 6) is 0.699. The highest BCUT2D eigenvalue weighted by Gasteiger charge is 2.62. The third-order valence-electron chi connectivity index (χ3n) is 8.05. The first-order chi connectivity index (χ1) is 16.6. The molecule has 1 N–H and O–H groups in total. The van der Waals surface area contributed by atoms with E-state index in [0.29, 0.717) is 51.0 Å². The summed E-state index contributed by atoms with van der Waals surface area (Å²) < 4.78 is 17.7. The van der Waals surface area contributed by atoms with Gasteiger partial charge >= 0.3 is 6.09 Å². The fourth-order valence-electron chi connectivity index (χ4n) is 7.27. The molecule has 4 saturated carbocycles. The SMILES string of the molecule is CC(C)(C)OC(=O)N(CC(=O)N1CCC[C@H]1C#N)C12CC3CC(CC(OCCOCCO)(C3)C1)C2. The van der Waals surface area contributed by atoms with Gasteiger partial charge in [-0.25, -0.2) is 4.79 Å². The van der Waals surface area contributed by atoms with Crippen LogP contribution in [0.3, 0.4) is 0 Å². The van der Waals surface area contributed by atoms with E-state index in [9.17, 15) is 14.9 Å². The Balaban J connectivity index is 1.56. The Hall–Kier alpha value is -1.89. The molecule has 4 bridgehead atoms. The fourth-order valence-corrected chi connectivity index (χ4v) is 7.27. The lowest BCUT2D eigenvalue weighted by Gasteiger charge is -2.64. The maximum Gasteiger partial charge on any atom is 0.411 e. The minimum atomic E-state index is -0.679. The minimum absolute atomic E-state index is 0.0129. The summed E-state index contributed by atoms with van der Waals surface area (Å²) in [5, 5.41) is 18.4. The molecule has 5 rings (SSSR count). The van der Waals surface area contributed by atoms with Crippen LogP contribution in [0.1, 0.15) is 72.1 Å². The van der Waals surface area contributed by atoms with Crippen LogP contribution in [0, 0.1) is 23.2 Å². The summed E-state index contributed by atoms with van der Waals surface area (Å²) in [6, 6.07) is 1.81. The second-order valence-corrected chi connectivity index (χ2v) is 12.0. The summed E-state index contributed by atoms with van der Waals surface area (Å²) in [5.41, 5.74) is -1.50. The number of aliphatic hydroxyl groups is 1. The predicted molar refractivity (Wildman–Crippen MR) is 127 cm³/mol. The van der Waals surface area contributed by atoms with E-state index in [2.05, 4.69) is 6.07 Å². The molecular formula is C26H41N3O6. The lowest BCUT2D eigenvalue weighted by atomic mass is 9.50. The number of amides is 2. The van der Waals surface area contributed by atoms with E-state index >= 15 is 0 Å². The maximum atomic E-state index is 13.6. The normalized spacial score (nSPS) is 33.6. The molecule has 1 saturated heterocycles. The van der Waals surface area contributed by atoms with Crippen molar-refractivity contribution >= 4 is 12.0 Å². The van der Waals surface area contributed by atoms with Gasteiger partial charge < -0.3 is 24.2 Å². The summed E-state index contributed by atoms with van der Waals surface area (Å²) in [6.45, 7) is 7.15. The van der Waals surface area contributed by atoms with Crippen LogP contribution in [0.4, 0.5) is 4.79 Å². The molecule has 4 aliphatic carbocycles. The minimum Gasteiger partial charge on any atom is -0.444 e. The largest absolute Gasteiger partial charge is 0.444 e. The number of carbonyl (C=O) groups excluding carboxylic acids is 2. The molecule has 35 heavy (non-hydrogen) atoms. The van der Waals surface area contributed by atoms with Crippen LogP contribution >= 0.6 is 0 Å². The first kappa shape index (κ1) is 26.2. The van der Waals surface area contributed by atoms with E-state index in [-0.39, 0.29) is 24.7 Å². The van der Waals surface area contributed by atoms with Crippen molar-refractivity contribution in [2.45, 2.75) is 94.9 Å². The molecule has 3 atom stereocenters. The highest BCUT2D eigenvalue weighted by molar-refractivity contribution is 5.83. The number of nitriles is 1. The molecule has 1 heterocycles. The smallest absolute Gasteiger partial charge is 0.411 e. The summed E-state index contributed by atoms with van der Waals surface area (Å²) in [6.07, 6.45) is 6.47. The molecule has 0 radical (unpaired) electrons. The molecule has 1 aliphatic heterocycles. The number of rotatable bonds is 9. The fraction of sp³-hybridized carbons (Fsp3) is 0.885. The van der Waals surface area contributed by atoms with Gasteiger partial charge in [-0.1, -0.05) is 0 Å². The lowest BCUT2D eigenvalue weighted by molar-refractivity contribution is -0.202. The summed E-state index contributed by atoms with van der Waals surface area (Å²) >= 11 is 0. The molecule has 5 fully saturated rings. The maximum absolute atomic E-state index is 13.6. The van der Waals surface area contributed by atoms with E-state index in [1.807, 2.05) is 20.8 Å². The number of likely N-dealkylation sites (tertiary alicyclic amines) is 1. The number of hydrogen-bond acceptors (Lipinski definition) is 7. The first-order valence-electron chi connectivity index (χ1n) is 13.1. The van der Waals surface area contributed by atoms with Gasteiger partial charge in [0.05, 0.1) is 43.6 Å². The number of hydrogen-bond donors (Lipinski definition) is 1. The van der Waals surface area contributed by atoms with Gasteiger partial charge in [-0.05, 0) is 84.0 Å². The average Bonchev–Trinajstić information content (AvgIpc) is 3.24. The quantitative estimate of drug-likeness (QED) is 0.494. The van der Waals surface area contributed by atoms with E-state index in [1.54, 1.807) is 9.80 Å². The van der Waals surface area contributed by atoms with Gasteiger partial charge in [0.15, 0.2) is 0 Å². The Morgan fingerprint density at radius 3 is 2.49 bits per heavy atom. The lowest BCUT2D eigenvalue weighted by Crippen LogP contribution is -2.68. The monoisotopic (exact) mass is 491 g/mol. The zero-order chi connectivity index (χ0) is 25.3. The van der Waals surface area contributed by atoms with Gasteiger partial charge in [0.2, 0.25) is 5.91 Å². The van der Waals surface area contributed by atoms with Gasteiger partial charge in [0.1, 0.15) is 18.2 Å². The van der Waals surface area contributed by atoms with Crippen molar-refractivity contribution in [3.63, 3.8) is 0 Å². The van der Waals surface area contributed by atoms with Crippen LogP contribution in [0.15, 0.2) is 0 Å².